The quantitative estimate of drug-likeness (QED) is 0.249. The lowest BCUT2D eigenvalue weighted by Crippen LogP contribution is -2.49. The number of carbonyl (C=O) groups excluding carboxylic acids is 3. The first-order chi connectivity index (χ1) is 19.4. The van der Waals surface area contributed by atoms with Crippen LogP contribution in [-0.4, -0.2) is 46.4 Å². The second kappa shape index (κ2) is 14.0. The minimum absolute atomic E-state index is 0.148. The molecule has 9 nitrogen and oxygen atoms in total. The van der Waals surface area contributed by atoms with E-state index in [0.717, 1.165) is 36.8 Å². The summed E-state index contributed by atoms with van der Waals surface area (Å²) in [6, 6.07) is 17.8. The molecular formula is C30H36N4O5S. The minimum Gasteiger partial charge on any atom is -0.468 e. The molecule has 0 spiro atoms. The third-order valence-corrected chi connectivity index (χ3v) is 7.82. The Kier molecular flexibility index (Phi) is 10.2. The number of benzene rings is 2. The summed E-state index contributed by atoms with van der Waals surface area (Å²) in [4.78, 5) is 42.9. The van der Waals surface area contributed by atoms with E-state index >= 15 is 0 Å². The van der Waals surface area contributed by atoms with Crippen LogP contribution < -0.4 is 15.4 Å². The molecule has 40 heavy (non-hydrogen) atoms. The van der Waals surface area contributed by atoms with Gasteiger partial charge in [-0.05, 0) is 31.7 Å². The van der Waals surface area contributed by atoms with Gasteiger partial charge in [0.05, 0.1) is 12.6 Å². The van der Waals surface area contributed by atoms with Crippen molar-refractivity contribution in [2.45, 2.75) is 64.5 Å². The zero-order valence-corrected chi connectivity index (χ0v) is 23.7. The molecule has 1 aliphatic carbocycles. The van der Waals surface area contributed by atoms with Gasteiger partial charge >= 0.3 is 6.09 Å². The van der Waals surface area contributed by atoms with Gasteiger partial charge in [0.15, 0.2) is 5.82 Å². The SMILES string of the molecule is CCCC[C@H](NC(=O)OCC1(COc2nc(-c3ccccc3)ns2)CCC1)C(=O)C(=O)N[C@H](C)c1ccccc1. The Bertz CT molecular complexity index is 1260. The largest absolute Gasteiger partial charge is 0.468 e. The summed E-state index contributed by atoms with van der Waals surface area (Å²) >= 11 is 1.19. The molecule has 0 saturated heterocycles. The van der Waals surface area contributed by atoms with E-state index < -0.39 is 23.8 Å². The van der Waals surface area contributed by atoms with E-state index in [1.165, 1.54) is 11.5 Å². The van der Waals surface area contributed by atoms with Gasteiger partial charge in [-0.25, -0.2) is 4.79 Å². The fraction of sp³-hybridized carbons (Fsp3) is 0.433. The molecule has 2 aromatic carbocycles. The number of alkyl carbamates (subject to hydrolysis) is 1. The van der Waals surface area contributed by atoms with Crippen LogP contribution in [0.2, 0.25) is 0 Å². The number of ketones is 1. The molecule has 3 aromatic rings. The van der Waals surface area contributed by atoms with Crippen molar-refractivity contribution in [2.75, 3.05) is 13.2 Å². The molecule has 10 heteroatoms. The van der Waals surface area contributed by atoms with Crippen LogP contribution in [0.3, 0.4) is 0 Å². The monoisotopic (exact) mass is 564 g/mol. The highest BCUT2D eigenvalue weighted by atomic mass is 32.1. The number of nitrogens with one attached hydrogen (secondary N) is 2. The van der Waals surface area contributed by atoms with Crippen molar-refractivity contribution in [3.63, 3.8) is 0 Å². The van der Waals surface area contributed by atoms with Crippen molar-refractivity contribution in [1.29, 1.82) is 0 Å². The first-order valence-electron chi connectivity index (χ1n) is 13.7. The molecule has 0 unspecified atom stereocenters. The summed E-state index contributed by atoms with van der Waals surface area (Å²) in [6.07, 6.45) is 3.85. The van der Waals surface area contributed by atoms with Crippen LogP contribution in [0.4, 0.5) is 4.79 Å². The molecule has 2 atom stereocenters. The molecule has 4 rings (SSSR count). The predicted octanol–water partition coefficient (Wildman–Crippen LogP) is 5.49. The standard InChI is InChI=1S/C30H36N4O5S/c1-3-4-16-24(25(35)27(36)31-21(2)22-12-7-5-8-13-22)32-28(37)38-19-30(17-11-18-30)20-39-29-33-26(34-40-29)23-14-9-6-10-15-23/h5-10,12-15,21,24H,3-4,11,16-20H2,1-2H3,(H,31,36)(H,32,37)/t21-,24+/m1/s1. The maximum absolute atomic E-state index is 13.0. The molecule has 212 valence electrons. The molecular weight excluding hydrogens is 528 g/mol. The first-order valence-corrected chi connectivity index (χ1v) is 14.5. The highest BCUT2D eigenvalue weighted by Crippen LogP contribution is 2.42. The zero-order chi connectivity index (χ0) is 28.4. The van der Waals surface area contributed by atoms with Crippen LogP contribution >= 0.6 is 11.5 Å². The fourth-order valence-electron chi connectivity index (χ4n) is 4.53. The molecule has 0 radical (unpaired) electrons. The van der Waals surface area contributed by atoms with Crippen LogP contribution in [0.15, 0.2) is 60.7 Å². The maximum atomic E-state index is 13.0. The van der Waals surface area contributed by atoms with Crippen molar-refractivity contribution in [3.05, 3.63) is 66.2 Å². The number of hydrogen-bond donors (Lipinski definition) is 2. The first kappa shape index (κ1) is 29.2. The van der Waals surface area contributed by atoms with E-state index in [1.54, 1.807) is 0 Å². The number of Topliss-reactive ketones (excluding diaryl/α,β-unsaturated/α-hetero) is 1. The van der Waals surface area contributed by atoms with E-state index in [2.05, 4.69) is 20.0 Å². The molecule has 1 aliphatic rings. The van der Waals surface area contributed by atoms with Crippen molar-refractivity contribution in [2.24, 2.45) is 5.41 Å². The van der Waals surface area contributed by atoms with Crippen LogP contribution in [0, 0.1) is 5.41 Å². The lowest BCUT2D eigenvalue weighted by atomic mass is 9.70. The summed E-state index contributed by atoms with van der Waals surface area (Å²) in [5.41, 5.74) is 1.49. The smallest absolute Gasteiger partial charge is 0.407 e. The molecule has 2 amide bonds. The van der Waals surface area contributed by atoms with Crippen LogP contribution in [-0.2, 0) is 14.3 Å². The summed E-state index contributed by atoms with van der Waals surface area (Å²) in [5.74, 6) is -0.794. The number of rotatable bonds is 14. The Labute approximate surface area is 238 Å². The Morgan fingerprint density at radius 2 is 1.70 bits per heavy atom. The van der Waals surface area contributed by atoms with Gasteiger partial charge in [-0.1, -0.05) is 86.8 Å². The van der Waals surface area contributed by atoms with Gasteiger partial charge in [0.25, 0.3) is 11.1 Å². The van der Waals surface area contributed by atoms with Gasteiger partial charge in [0.1, 0.15) is 12.6 Å². The van der Waals surface area contributed by atoms with Gasteiger partial charge in [0, 0.05) is 22.5 Å². The number of carbonyl (C=O) groups is 3. The van der Waals surface area contributed by atoms with Crippen molar-refractivity contribution < 1.29 is 23.9 Å². The number of aromatic nitrogens is 2. The van der Waals surface area contributed by atoms with Gasteiger partial charge in [-0.2, -0.15) is 9.36 Å². The normalized spacial score (nSPS) is 15.2. The Balaban J connectivity index is 1.28. The number of hydrogen-bond acceptors (Lipinski definition) is 8. The Hall–Kier alpha value is -3.79. The average Bonchev–Trinajstić information content (AvgIpc) is 3.44. The molecule has 1 aromatic heterocycles. The number of nitrogens with zero attached hydrogens (tertiary/aromatic N) is 2. The molecule has 0 aliphatic heterocycles. The topological polar surface area (TPSA) is 120 Å². The van der Waals surface area contributed by atoms with Crippen LogP contribution in [0.5, 0.6) is 5.19 Å². The van der Waals surface area contributed by atoms with E-state index in [-0.39, 0.29) is 18.1 Å². The molecule has 2 N–H and O–H groups in total. The van der Waals surface area contributed by atoms with Crippen molar-refractivity contribution >= 4 is 29.3 Å². The van der Waals surface area contributed by atoms with E-state index in [4.69, 9.17) is 9.47 Å². The molecule has 1 saturated carbocycles. The van der Waals surface area contributed by atoms with Gasteiger partial charge in [-0.15, -0.1) is 0 Å². The molecule has 1 heterocycles. The number of ether oxygens (including phenoxy) is 2. The molecule has 1 fully saturated rings. The number of unbranched alkanes of at least 4 members (excludes halogenated alkanes) is 1. The highest BCUT2D eigenvalue weighted by molar-refractivity contribution is 7.07. The molecule has 0 bridgehead atoms. The maximum Gasteiger partial charge on any atom is 0.407 e. The average molecular weight is 565 g/mol. The lowest BCUT2D eigenvalue weighted by molar-refractivity contribution is -0.139. The Morgan fingerprint density at radius 1 is 1.00 bits per heavy atom. The highest BCUT2D eigenvalue weighted by Gasteiger charge is 2.40. The second-order valence-electron chi connectivity index (χ2n) is 10.3. The second-order valence-corrected chi connectivity index (χ2v) is 11.0. The summed E-state index contributed by atoms with van der Waals surface area (Å²) < 4.78 is 15.9. The Morgan fingerprint density at radius 3 is 2.35 bits per heavy atom. The fourth-order valence-corrected chi connectivity index (χ4v) is 5.08. The third kappa shape index (κ3) is 7.88. The summed E-state index contributed by atoms with van der Waals surface area (Å²) in [7, 11) is 0. The number of amides is 2. The lowest BCUT2D eigenvalue weighted by Gasteiger charge is -2.40. The van der Waals surface area contributed by atoms with Crippen molar-refractivity contribution in [1.82, 2.24) is 20.0 Å². The van der Waals surface area contributed by atoms with Gasteiger partial charge < -0.3 is 20.1 Å². The summed E-state index contributed by atoms with van der Waals surface area (Å²) in [6.45, 7) is 4.29. The van der Waals surface area contributed by atoms with Crippen LogP contribution in [0.1, 0.15) is 64.0 Å². The van der Waals surface area contributed by atoms with Gasteiger partial charge in [0.2, 0.25) is 5.78 Å². The van der Waals surface area contributed by atoms with E-state index in [9.17, 15) is 14.4 Å². The van der Waals surface area contributed by atoms with E-state index in [0.29, 0.717) is 30.5 Å². The summed E-state index contributed by atoms with van der Waals surface area (Å²) in [5, 5.41) is 5.83. The van der Waals surface area contributed by atoms with E-state index in [1.807, 2.05) is 74.5 Å². The predicted molar refractivity (Wildman–Crippen MR) is 153 cm³/mol. The van der Waals surface area contributed by atoms with Crippen molar-refractivity contribution in [3.8, 4) is 16.6 Å². The third-order valence-electron chi connectivity index (χ3n) is 7.19. The zero-order valence-electron chi connectivity index (χ0n) is 22.9. The van der Waals surface area contributed by atoms with Crippen LogP contribution in [0.25, 0.3) is 11.4 Å². The minimum atomic E-state index is -0.957. The van der Waals surface area contributed by atoms with Gasteiger partial charge in [-0.3, -0.25) is 9.59 Å².